The van der Waals surface area contributed by atoms with Gasteiger partial charge in [-0.15, -0.1) is 0 Å². The van der Waals surface area contributed by atoms with Crippen LogP contribution in [0.3, 0.4) is 0 Å². The summed E-state index contributed by atoms with van der Waals surface area (Å²) in [5.74, 6) is 0. The molecule has 0 radical (unpaired) electrons. The molecule has 2 aromatic rings. The Hall–Kier alpha value is -1.91. The first-order valence-corrected chi connectivity index (χ1v) is 8.95. The summed E-state index contributed by atoms with van der Waals surface area (Å²) in [6, 6.07) is 3.62. The molecule has 0 bridgehead atoms. The monoisotopic (exact) mass is 375 g/mol. The van der Waals surface area contributed by atoms with Gasteiger partial charge in [0.25, 0.3) is 0 Å². The molecule has 0 fully saturated rings. The molecule has 0 atom stereocenters. The Bertz CT molecular complexity index is 891. The maximum Gasteiger partial charge on any atom is 0.416 e. The molecule has 2 heterocycles. The number of hydrogen-bond donors (Lipinski definition) is 1. The van der Waals surface area contributed by atoms with Crippen molar-refractivity contribution >= 4 is 10.0 Å². The Morgan fingerprint density at radius 3 is 2.84 bits per heavy atom. The van der Waals surface area contributed by atoms with Crippen LogP contribution in [0.25, 0.3) is 0 Å². The van der Waals surface area contributed by atoms with Crippen LogP contribution in [0.5, 0.6) is 0 Å². The molecule has 0 saturated carbocycles. The number of ether oxygens (including phenoxy) is 1. The molecule has 1 aliphatic heterocycles. The highest BCUT2D eigenvalue weighted by atomic mass is 32.2. The normalized spacial score (nSPS) is 15.2. The molecule has 0 amide bonds. The lowest BCUT2D eigenvalue weighted by Crippen LogP contribution is -2.24. The first-order valence-electron chi connectivity index (χ1n) is 7.47. The first kappa shape index (κ1) is 17.9. The van der Waals surface area contributed by atoms with Crippen molar-refractivity contribution in [3.05, 3.63) is 46.8 Å². The molecule has 0 spiro atoms. The van der Waals surface area contributed by atoms with E-state index in [1.807, 2.05) is 0 Å². The molecule has 3 rings (SSSR count). The third kappa shape index (κ3) is 3.70. The van der Waals surface area contributed by atoms with Gasteiger partial charge in [-0.1, -0.05) is 6.07 Å². The molecule has 136 valence electrons. The fourth-order valence-corrected chi connectivity index (χ4v) is 3.75. The zero-order valence-corrected chi connectivity index (χ0v) is 14.1. The first-order chi connectivity index (χ1) is 11.7. The zero-order chi connectivity index (χ0) is 18.2. The number of benzene rings is 1. The predicted octanol–water partition coefficient (Wildman–Crippen LogP) is 1.99. The van der Waals surface area contributed by atoms with E-state index in [2.05, 4.69) is 9.82 Å². The summed E-state index contributed by atoms with van der Waals surface area (Å²) < 4.78 is 72.2. The molecular formula is C15H16F3N3O3S. The number of rotatable bonds is 4. The second-order valence-corrected chi connectivity index (χ2v) is 7.42. The Kier molecular flexibility index (Phi) is 4.60. The molecule has 25 heavy (non-hydrogen) atoms. The standard InChI is InChI=1S/C15H16F3N3O3S/c1-21-14-5-6-24-9-12(14)13(20-21)8-19-25(22,23)11-4-2-3-10(7-11)15(16,17)18/h2-4,7,19H,5-6,8-9H2,1H3. The van der Waals surface area contributed by atoms with E-state index in [1.165, 1.54) is 0 Å². The largest absolute Gasteiger partial charge is 0.416 e. The van der Waals surface area contributed by atoms with Crippen molar-refractivity contribution in [2.75, 3.05) is 6.61 Å². The molecule has 0 saturated heterocycles. The quantitative estimate of drug-likeness (QED) is 0.887. The van der Waals surface area contributed by atoms with Gasteiger partial charge in [-0.3, -0.25) is 4.68 Å². The van der Waals surface area contributed by atoms with E-state index in [4.69, 9.17) is 4.74 Å². The lowest BCUT2D eigenvalue weighted by molar-refractivity contribution is -0.137. The Labute approximate surface area is 142 Å². The lowest BCUT2D eigenvalue weighted by atomic mass is 10.1. The van der Waals surface area contributed by atoms with Crippen LogP contribution in [0.4, 0.5) is 13.2 Å². The number of nitrogens with zero attached hydrogens (tertiary/aromatic N) is 2. The summed E-state index contributed by atoms with van der Waals surface area (Å²) in [5.41, 5.74) is 1.28. The van der Waals surface area contributed by atoms with Gasteiger partial charge >= 0.3 is 6.18 Å². The van der Waals surface area contributed by atoms with Crippen molar-refractivity contribution in [3.63, 3.8) is 0 Å². The van der Waals surface area contributed by atoms with Crippen LogP contribution in [0, 0.1) is 0 Å². The summed E-state index contributed by atoms with van der Waals surface area (Å²) in [6.07, 6.45) is -3.93. The van der Waals surface area contributed by atoms with E-state index < -0.39 is 26.7 Å². The minimum atomic E-state index is -4.61. The smallest absolute Gasteiger partial charge is 0.376 e. The van der Waals surface area contributed by atoms with Crippen molar-refractivity contribution < 1.29 is 26.3 Å². The number of aryl methyl sites for hydroxylation is 1. The minimum absolute atomic E-state index is 0.120. The molecule has 1 aromatic carbocycles. The van der Waals surface area contributed by atoms with Crippen LogP contribution in [0.15, 0.2) is 29.2 Å². The van der Waals surface area contributed by atoms with Crippen molar-refractivity contribution in [1.82, 2.24) is 14.5 Å². The van der Waals surface area contributed by atoms with E-state index in [-0.39, 0.29) is 6.54 Å². The molecule has 10 heteroatoms. The highest BCUT2D eigenvalue weighted by molar-refractivity contribution is 7.89. The maximum absolute atomic E-state index is 12.8. The third-order valence-corrected chi connectivity index (χ3v) is 5.39. The van der Waals surface area contributed by atoms with Crippen molar-refractivity contribution in [3.8, 4) is 0 Å². The fraction of sp³-hybridized carbons (Fsp3) is 0.400. The van der Waals surface area contributed by atoms with Crippen LogP contribution < -0.4 is 4.72 Å². The highest BCUT2D eigenvalue weighted by Crippen LogP contribution is 2.30. The minimum Gasteiger partial charge on any atom is -0.376 e. The summed E-state index contributed by atoms with van der Waals surface area (Å²) in [4.78, 5) is -0.441. The van der Waals surface area contributed by atoms with Crippen LogP contribution >= 0.6 is 0 Å². The summed E-state index contributed by atoms with van der Waals surface area (Å²) in [6.45, 7) is 0.789. The number of sulfonamides is 1. The van der Waals surface area contributed by atoms with Gasteiger partial charge in [0.15, 0.2) is 0 Å². The van der Waals surface area contributed by atoms with E-state index in [1.54, 1.807) is 11.7 Å². The summed E-state index contributed by atoms with van der Waals surface area (Å²) in [5, 5.41) is 4.28. The lowest BCUT2D eigenvalue weighted by Gasteiger charge is -2.14. The van der Waals surface area contributed by atoms with Crippen LogP contribution in [0.1, 0.15) is 22.5 Å². The molecule has 1 aliphatic rings. The Morgan fingerprint density at radius 2 is 2.12 bits per heavy atom. The number of aromatic nitrogens is 2. The van der Waals surface area contributed by atoms with Crippen LogP contribution in [-0.2, 0) is 47.6 Å². The van der Waals surface area contributed by atoms with Gasteiger partial charge in [0, 0.05) is 24.7 Å². The second kappa shape index (κ2) is 6.43. The van der Waals surface area contributed by atoms with Gasteiger partial charge in [0.05, 0.1) is 35.9 Å². The average molecular weight is 375 g/mol. The van der Waals surface area contributed by atoms with Crippen molar-refractivity contribution in [1.29, 1.82) is 0 Å². The Morgan fingerprint density at radius 1 is 1.36 bits per heavy atom. The van der Waals surface area contributed by atoms with E-state index in [0.717, 1.165) is 29.5 Å². The van der Waals surface area contributed by atoms with E-state index in [0.29, 0.717) is 31.4 Å². The predicted molar refractivity (Wildman–Crippen MR) is 82.0 cm³/mol. The number of alkyl halides is 3. The van der Waals surface area contributed by atoms with Gasteiger partial charge in [-0.2, -0.15) is 18.3 Å². The summed E-state index contributed by atoms with van der Waals surface area (Å²) in [7, 11) is -2.34. The molecule has 6 nitrogen and oxygen atoms in total. The maximum atomic E-state index is 12.8. The van der Waals surface area contributed by atoms with Crippen LogP contribution in [-0.4, -0.2) is 24.8 Å². The molecule has 1 N–H and O–H groups in total. The number of nitrogens with one attached hydrogen (secondary N) is 1. The molecule has 1 aromatic heterocycles. The number of fused-ring (bicyclic) bond motifs is 1. The SMILES string of the molecule is Cn1nc(CNS(=O)(=O)c2cccc(C(F)(F)F)c2)c2c1CCOC2. The van der Waals surface area contributed by atoms with Crippen molar-refractivity contribution in [2.45, 2.75) is 30.6 Å². The second-order valence-electron chi connectivity index (χ2n) is 5.65. The molecular weight excluding hydrogens is 359 g/mol. The van der Waals surface area contributed by atoms with Gasteiger partial charge in [0.1, 0.15) is 0 Å². The van der Waals surface area contributed by atoms with Gasteiger partial charge in [0.2, 0.25) is 10.0 Å². The number of halogens is 3. The number of hydrogen-bond acceptors (Lipinski definition) is 4. The Balaban J connectivity index is 1.81. The molecule has 0 aliphatic carbocycles. The summed E-state index contributed by atoms with van der Waals surface area (Å²) >= 11 is 0. The highest BCUT2D eigenvalue weighted by Gasteiger charge is 2.31. The van der Waals surface area contributed by atoms with Gasteiger partial charge < -0.3 is 4.74 Å². The topological polar surface area (TPSA) is 73.2 Å². The third-order valence-electron chi connectivity index (χ3n) is 3.99. The zero-order valence-electron chi connectivity index (χ0n) is 13.3. The van der Waals surface area contributed by atoms with Crippen molar-refractivity contribution in [2.24, 2.45) is 7.05 Å². The van der Waals surface area contributed by atoms with E-state index in [9.17, 15) is 21.6 Å². The molecule has 0 unspecified atom stereocenters. The van der Waals surface area contributed by atoms with Crippen LogP contribution in [0.2, 0.25) is 0 Å². The van der Waals surface area contributed by atoms with E-state index >= 15 is 0 Å². The average Bonchev–Trinajstić information content (AvgIpc) is 2.89. The van der Waals surface area contributed by atoms with Gasteiger partial charge in [-0.05, 0) is 18.2 Å². The van der Waals surface area contributed by atoms with Gasteiger partial charge in [-0.25, -0.2) is 13.1 Å². The fourth-order valence-electron chi connectivity index (χ4n) is 2.71.